The summed E-state index contributed by atoms with van der Waals surface area (Å²) in [6.45, 7) is 3.21. The fourth-order valence-corrected chi connectivity index (χ4v) is 3.18. The van der Waals surface area contributed by atoms with E-state index in [1.807, 2.05) is 0 Å². The van der Waals surface area contributed by atoms with Gasteiger partial charge in [0.15, 0.2) is 0 Å². The zero-order chi connectivity index (χ0) is 14.0. The van der Waals surface area contributed by atoms with Crippen molar-refractivity contribution in [2.45, 2.75) is 30.7 Å². The summed E-state index contributed by atoms with van der Waals surface area (Å²) < 4.78 is 27.4. The van der Waals surface area contributed by atoms with Crippen molar-refractivity contribution in [2.75, 3.05) is 0 Å². The van der Waals surface area contributed by atoms with Crippen molar-refractivity contribution in [1.29, 1.82) is 0 Å². The lowest BCUT2D eigenvalue weighted by Crippen LogP contribution is -2.45. The zero-order valence-electron chi connectivity index (χ0n) is 10.1. The van der Waals surface area contributed by atoms with Gasteiger partial charge in [0.05, 0.1) is 4.90 Å². The molecule has 0 atom stereocenters. The molecule has 100 valence electrons. The molecule has 0 aliphatic carbocycles. The van der Waals surface area contributed by atoms with Gasteiger partial charge in [-0.2, -0.15) is 0 Å². The smallest absolute Gasteiger partial charge is 0.241 e. The third-order valence-corrected chi connectivity index (χ3v) is 4.39. The van der Waals surface area contributed by atoms with E-state index in [0.717, 1.165) is 4.47 Å². The minimum absolute atomic E-state index is 0.0667. The number of rotatable bonds is 5. The quantitative estimate of drug-likeness (QED) is 0.852. The number of halogens is 1. The summed E-state index contributed by atoms with van der Waals surface area (Å²) in [6, 6.07) is 6.23. The fourth-order valence-electron chi connectivity index (χ4n) is 1.51. The monoisotopic (exact) mass is 334 g/mol. The van der Waals surface area contributed by atoms with Crippen LogP contribution < -0.4 is 10.5 Å². The minimum atomic E-state index is -3.66. The lowest BCUT2D eigenvalue weighted by Gasteiger charge is -2.24. The number of carbonyl (C=O) groups excluding carboxylic acids is 1. The van der Waals surface area contributed by atoms with E-state index in [-0.39, 0.29) is 11.3 Å². The van der Waals surface area contributed by atoms with Crippen LogP contribution in [0.1, 0.15) is 20.3 Å². The third-order valence-electron chi connectivity index (χ3n) is 2.15. The van der Waals surface area contributed by atoms with Crippen LogP contribution in [0.2, 0.25) is 0 Å². The molecule has 1 rings (SSSR count). The fraction of sp³-hybridized carbons (Fsp3) is 0.364. The summed E-state index contributed by atoms with van der Waals surface area (Å²) >= 11 is 3.23. The number of carbonyl (C=O) groups is 1. The van der Waals surface area contributed by atoms with Crippen molar-refractivity contribution < 1.29 is 13.2 Å². The molecule has 1 aromatic rings. The SMILES string of the molecule is CC(C)(CC(N)=O)NS(=O)(=O)c1ccc(Br)cc1. The first-order valence-corrected chi connectivity index (χ1v) is 7.48. The summed E-state index contributed by atoms with van der Waals surface area (Å²) in [6.07, 6.45) is -0.0667. The molecule has 0 aromatic heterocycles. The molecule has 1 aromatic carbocycles. The molecule has 3 N–H and O–H groups in total. The zero-order valence-corrected chi connectivity index (χ0v) is 12.5. The van der Waals surface area contributed by atoms with Gasteiger partial charge >= 0.3 is 0 Å². The van der Waals surface area contributed by atoms with Crippen LogP contribution in [0.3, 0.4) is 0 Å². The number of primary amides is 1. The number of amides is 1. The maximum atomic E-state index is 12.1. The lowest BCUT2D eigenvalue weighted by atomic mass is 10.0. The molecule has 1 amide bonds. The van der Waals surface area contributed by atoms with Crippen LogP contribution in [0.4, 0.5) is 0 Å². The van der Waals surface area contributed by atoms with E-state index in [9.17, 15) is 13.2 Å². The van der Waals surface area contributed by atoms with Gasteiger partial charge < -0.3 is 5.73 Å². The first kappa shape index (κ1) is 15.1. The Morgan fingerprint density at radius 3 is 2.28 bits per heavy atom. The van der Waals surface area contributed by atoms with Crippen molar-refractivity contribution >= 4 is 31.9 Å². The molecule has 0 bridgehead atoms. The average molecular weight is 335 g/mol. The second-order valence-electron chi connectivity index (χ2n) is 4.59. The number of benzene rings is 1. The molecule has 0 heterocycles. The lowest BCUT2D eigenvalue weighted by molar-refractivity contribution is -0.119. The normalized spacial score (nSPS) is 12.4. The molecule has 0 aliphatic rings. The van der Waals surface area contributed by atoms with E-state index in [0.29, 0.717) is 0 Å². The Hall–Kier alpha value is -0.920. The predicted octanol–water partition coefficient (Wildman–Crippen LogP) is 1.38. The van der Waals surface area contributed by atoms with E-state index in [2.05, 4.69) is 20.7 Å². The van der Waals surface area contributed by atoms with Crippen LogP contribution in [-0.4, -0.2) is 19.9 Å². The van der Waals surface area contributed by atoms with E-state index in [4.69, 9.17) is 5.73 Å². The number of hydrogen-bond donors (Lipinski definition) is 2. The number of nitrogens with one attached hydrogen (secondary N) is 1. The molecule has 0 saturated heterocycles. The van der Waals surface area contributed by atoms with Gasteiger partial charge in [-0.1, -0.05) is 15.9 Å². The van der Waals surface area contributed by atoms with Crippen LogP contribution in [0.15, 0.2) is 33.6 Å². The Kier molecular flexibility index (Phi) is 4.52. The molecular weight excluding hydrogens is 320 g/mol. The standard InChI is InChI=1S/C11H15BrN2O3S/c1-11(2,7-10(13)15)14-18(16,17)9-5-3-8(12)4-6-9/h3-6,14H,7H2,1-2H3,(H2,13,15). The van der Waals surface area contributed by atoms with Gasteiger partial charge in [-0.15, -0.1) is 0 Å². The van der Waals surface area contributed by atoms with Gasteiger partial charge in [-0.3, -0.25) is 4.79 Å². The second-order valence-corrected chi connectivity index (χ2v) is 7.18. The topological polar surface area (TPSA) is 89.3 Å². The van der Waals surface area contributed by atoms with Crippen molar-refractivity contribution in [3.05, 3.63) is 28.7 Å². The van der Waals surface area contributed by atoms with E-state index in [1.165, 1.54) is 12.1 Å². The van der Waals surface area contributed by atoms with Crippen molar-refractivity contribution in [2.24, 2.45) is 5.73 Å². The number of nitrogens with two attached hydrogens (primary N) is 1. The van der Waals surface area contributed by atoms with Crippen molar-refractivity contribution in [3.63, 3.8) is 0 Å². The molecule has 0 spiro atoms. The number of sulfonamides is 1. The van der Waals surface area contributed by atoms with Crippen LogP contribution in [-0.2, 0) is 14.8 Å². The van der Waals surface area contributed by atoms with E-state index in [1.54, 1.807) is 26.0 Å². The van der Waals surface area contributed by atoms with E-state index >= 15 is 0 Å². The average Bonchev–Trinajstić information content (AvgIpc) is 2.13. The summed E-state index contributed by atoms with van der Waals surface area (Å²) in [5, 5.41) is 0. The largest absolute Gasteiger partial charge is 0.370 e. The van der Waals surface area contributed by atoms with Gasteiger partial charge in [0.1, 0.15) is 0 Å². The molecule has 0 radical (unpaired) electrons. The van der Waals surface area contributed by atoms with Crippen molar-refractivity contribution in [3.8, 4) is 0 Å². The van der Waals surface area contributed by atoms with Crippen LogP contribution in [0.25, 0.3) is 0 Å². The Bertz CT molecular complexity index is 538. The van der Waals surface area contributed by atoms with Gasteiger partial charge in [0.25, 0.3) is 0 Å². The minimum Gasteiger partial charge on any atom is -0.370 e. The Morgan fingerprint density at radius 2 is 1.83 bits per heavy atom. The highest BCUT2D eigenvalue weighted by atomic mass is 79.9. The molecular formula is C11H15BrN2O3S. The van der Waals surface area contributed by atoms with E-state index < -0.39 is 21.5 Å². The third kappa shape index (κ3) is 4.40. The highest BCUT2D eigenvalue weighted by Crippen LogP contribution is 2.18. The Morgan fingerprint density at radius 1 is 1.33 bits per heavy atom. The van der Waals surface area contributed by atoms with Gasteiger partial charge in [0.2, 0.25) is 15.9 Å². The van der Waals surface area contributed by atoms with Gasteiger partial charge in [-0.05, 0) is 38.1 Å². The summed E-state index contributed by atoms with van der Waals surface area (Å²) in [4.78, 5) is 11.0. The molecule has 0 aliphatic heterocycles. The van der Waals surface area contributed by atoms with Gasteiger partial charge in [-0.25, -0.2) is 13.1 Å². The predicted molar refractivity (Wildman–Crippen MR) is 72.4 cm³/mol. The molecule has 0 saturated carbocycles. The summed E-state index contributed by atoms with van der Waals surface area (Å²) in [5.74, 6) is -0.557. The van der Waals surface area contributed by atoms with Crippen LogP contribution in [0.5, 0.6) is 0 Å². The first-order chi connectivity index (χ1) is 8.12. The molecule has 0 fully saturated rings. The highest BCUT2D eigenvalue weighted by molar-refractivity contribution is 9.10. The Balaban J connectivity index is 2.95. The van der Waals surface area contributed by atoms with Crippen LogP contribution >= 0.6 is 15.9 Å². The molecule has 0 unspecified atom stereocenters. The highest BCUT2D eigenvalue weighted by Gasteiger charge is 2.27. The number of hydrogen-bond acceptors (Lipinski definition) is 3. The van der Waals surface area contributed by atoms with Crippen molar-refractivity contribution in [1.82, 2.24) is 4.72 Å². The molecule has 18 heavy (non-hydrogen) atoms. The summed E-state index contributed by atoms with van der Waals surface area (Å²) in [7, 11) is -3.66. The maximum absolute atomic E-state index is 12.1. The molecule has 7 heteroatoms. The van der Waals surface area contributed by atoms with Gasteiger partial charge in [0, 0.05) is 16.4 Å². The summed E-state index contributed by atoms with van der Waals surface area (Å²) in [5.41, 5.74) is 4.16. The second kappa shape index (κ2) is 5.38. The van der Waals surface area contributed by atoms with Crippen LogP contribution in [0, 0.1) is 0 Å². The Labute approximate surface area is 115 Å². The molecule has 5 nitrogen and oxygen atoms in total. The first-order valence-electron chi connectivity index (χ1n) is 5.20. The maximum Gasteiger partial charge on any atom is 0.241 e.